The van der Waals surface area contributed by atoms with Gasteiger partial charge in [0.05, 0.1) is 11.6 Å². The van der Waals surface area contributed by atoms with Gasteiger partial charge in [-0.2, -0.15) is 0 Å². The normalized spacial score (nSPS) is 18.3. The molecule has 5 heteroatoms. The van der Waals surface area contributed by atoms with Crippen LogP contribution in [0.1, 0.15) is 23.6 Å². The standard InChI is InChI=1S/C25H23NO4/c1-30-16-8-15-26-22(18-10-3-2-4-11-18)21(24(28)25(26)29)23(27)20-14-7-12-17-9-5-6-13-19(17)20/h2-7,9-14,22,27H,8,15-16H2,1H3/b23-21-. The van der Waals surface area contributed by atoms with Crippen LogP contribution < -0.4 is 0 Å². The van der Waals surface area contributed by atoms with Crippen LogP contribution in [0.2, 0.25) is 0 Å². The van der Waals surface area contributed by atoms with Crippen molar-refractivity contribution >= 4 is 28.2 Å². The number of aliphatic hydroxyl groups is 1. The zero-order valence-corrected chi connectivity index (χ0v) is 16.7. The van der Waals surface area contributed by atoms with Crippen molar-refractivity contribution in [3.05, 3.63) is 89.5 Å². The molecule has 1 aliphatic rings. The molecule has 1 saturated heterocycles. The summed E-state index contributed by atoms with van der Waals surface area (Å²) in [6, 6.07) is 21.9. The molecule has 3 aromatic rings. The highest BCUT2D eigenvalue weighted by atomic mass is 16.5. The molecule has 1 amide bonds. The summed E-state index contributed by atoms with van der Waals surface area (Å²) in [6.45, 7) is 0.845. The molecule has 1 aliphatic heterocycles. The summed E-state index contributed by atoms with van der Waals surface area (Å²) in [5.41, 5.74) is 1.46. The monoisotopic (exact) mass is 401 g/mol. The van der Waals surface area contributed by atoms with Gasteiger partial charge >= 0.3 is 0 Å². The minimum atomic E-state index is -0.660. The molecule has 3 aromatic carbocycles. The number of Topliss-reactive ketones (excluding diaryl/α,β-unsaturated/α-hetero) is 1. The number of carbonyl (C=O) groups is 2. The van der Waals surface area contributed by atoms with Gasteiger partial charge < -0.3 is 14.7 Å². The van der Waals surface area contributed by atoms with E-state index < -0.39 is 17.7 Å². The van der Waals surface area contributed by atoms with Crippen molar-refractivity contribution in [2.75, 3.05) is 20.3 Å². The van der Waals surface area contributed by atoms with Gasteiger partial charge in [0.25, 0.3) is 11.7 Å². The van der Waals surface area contributed by atoms with Gasteiger partial charge in [-0.1, -0.05) is 72.8 Å². The summed E-state index contributed by atoms with van der Waals surface area (Å²) < 4.78 is 5.11. The fourth-order valence-electron chi connectivity index (χ4n) is 4.05. The third-order valence-electron chi connectivity index (χ3n) is 5.45. The zero-order valence-electron chi connectivity index (χ0n) is 16.7. The average Bonchev–Trinajstić information content (AvgIpc) is 3.04. The van der Waals surface area contributed by atoms with Crippen LogP contribution in [0.25, 0.3) is 16.5 Å². The van der Waals surface area contributed by atoms with E-state index in [2.05, 4.69) is 0 Å². The van der Waals surface area contributed by atoms with Crippen molar-refractivity contribution in [2.24, 2.45) is 0 Å². The maximum absolute atomic E-state index is 13.0. The smallest absolute Gasteiger partial charge is 0.295 e. The molecule has 152 valence electrons. The highest BCUT2D eigenvalue weighted by Crippen LogP contribution is 2.40. The van der Waals surface area contributed by atoms with Crippen LogP contribution in [0.15, 0.2) is 78.4 Å². The van der Waals surface area contributed by atoms with E-state index in [-0.39, 0.29) is 11.3 Å². The number of methoxy groups -OCH3 is 1. The van der Waals surface area contributed by atoms with E-state index in [1.54, 1.807) is 13.2 Å². The lowest BCUT2D eigenvalue weighted by Gasteiger charge is -2.25. The van der Waals surface area contributed by atoms with Gasteiger partial charge in [0.15, 0.2) is 0 Å². The number of carbonyl (C=O) groups excluding carboxylic acids is 2. The van der Waals surface area contributed by atoms with E-state index in [1.165, 1.54) is 4.90 Å². The first-order chi connectivity index (χ1) is 14.6. The molecular weight excluding hydrogens is 378 g/mol. The number of fused-ring (bicyclic) bond motifs is 1. The summed E-state index contributed by atoms with van der Waals surface area (Å²) in [4.78, 5) is 27.5. The van der Waals surface area contributed by atoms with Crippen LogP contribution in [0.3, 0.4) is 0 Å². The van der Waals surface area contributed by atoms with Gasteiger partial charge in [-0.05, 0) is 22.8 Å². The molecule has 0 aliphatic carbocycles. The van der Waals surface area contributed by atoms with Crippen molar-refractivity contribution in [1.29, 1.82) is 0 Å². The Morgan fingerprint density at radius 3 is 2.43 bits per heavy atom. The lowest BCUT2D eigenvalue weighted by Crippen LogP contribution is -2.31. The van der Waals surface area contributed by atoms with Crippen LogP contribution in [-0.2, 0) is 14.3 Å². The predicted octanol–water partition coefficient (Wildman–Crippen LogP) is 4.30. The topological polar surface area (TPSA) is 66.8 Å². The van der Waals surface area contributed by atoms with Crippen LogP contribution >= 0.6 is 0 Å². The van der Waals surface area contributed by atoms with Crippen LogP contribution in [-0.4, -0.2) is 42.0 Å². The molecule has 1 atom stereocenters. The summed E-state index contributed by atoms with van der Waals surface area (Å²) in [7, 11) is 1.60. The van der Waals surface area contributed by atoms with E-state index in [4.69, 9.17) is 4.74 Å². The summed E-state index contributed by atoms with van der Waals surface area (Å²) in [5, 5.41) is 13.1. The zero-order chi connectivity index (χ0) is 21.1. The quantitative estimate of drug-likeness (QED) is 0.289. The first-order valence-electron chi connectivity index (χ1n) is 9.94. The molecule has 0 radical (unpaired) electrons. The van der Waals surface area contributed by atoms with Crippen molar-refractivity contribution in [3.8, 4) is 0 Å². The van der Waals surface area contributed by atoms with Crippen LogP contribution in [0.5, 0.6) is 0 Å². The maximum atomic E-state index is 13.0. The number of hydrogen-bond acceptors (Lipinski definition) is 4. The van der Waals surface area contributed by atoms with Crippen molar-refractivity contribution in [2.45, 2.75) is 12.5 Å². The number of likely N-dealkylation sites (tertiary alicyclic amines) is 1. The van der Waals surface area contributed by atoms with E-state index in [9.17, 15) is 14.7 Å². The summed E-state index contributed by atoms with van der Waals surface area (Å²) in [5.74, 6) is -1.40. The molecular formula is C25H23NO4. The van der Waals surface area contributed by atoms with E-state index >= 15 is 0 Å². The summed E-state index contributed by atoms with van der Waals surface area (Å²) in [6.07, 6.45) is 0.598. The number of nitrogens with zero attached hydrogens (tertiary/aromatic N) is 1. The molecule has 1 unspecified atom stereocenters. The Morgan fingerprint density at radius 2 is 1.67 bits per heavy atom. The number of hydrogen-bond donors (Lipinski definition) is 1. The second kappa shape index (κ2) is 8.51. The van der Waals surface area contributed by atoms with E-state index in [1.807, 2.05) is 66.7 Å². The molecule has 1 heterocycles. The van der Waals surface area contributed by atoms with Gasteiger partial charge in [0, 0.05) is 25.8 Å². The molecule has 0 bridgehead atoms. The van der Waals surface area contributed by atoms with Gasteiger partial charge in [0.2, 0.25) is 0 Å². The first-order valence-corrected chi connectivity index (χ1v) is 9.94. The number of amides is 1. The maximum Gasteiger partial charge on any atom is 0.295 e. The Kier molecular flexibility index (Phi) is 5.63. The second-order valence-electron chi connectivity index (χ2n) is 7.28. The van der Waals surface area contributed by atoms with Gasteiger partial charge in [-0.3, -0.25) is 9.59 Å². The van der Waals surface area contributed by atoms with Gasteiger partial charge in [-0.25, -0.2) is 0 Å². The predicted molar refractivity (Wildman–Crippen MR) is 116 cm³/mol. The van der Waals surface area contributed by atoms with E-state index in [0.717, 1.165) is 16.3 Å². The van der Waals surface area contributed by atoms with Gasteiger partial charge in [0.1, 0.15) is 5.76 Å². The largest absolute Gasteiger partial charge is 0.507 e. The number of ketones is 1. The molecule has 0 aromatic heterocycles. The average molecular weight is 401 g/mol. The van der Waals surface area contributed by atoms with E-state index in [0.29, 0.717) is 25.1 Å². The van der Waals surface area contributed by atoms with Crippen LogP contribution in [0.4, 0.5) is 0 Å². The molecule has 5 nitrogen and oxygen atoms in total. The van der Waals surface area contributed by atoms with Crippen LogP contribution in [0, 0.1) is 0 Å². The number of aliphatic hydroxyl groups excluding tert-OH is 1. The highest BCUT2D eigenvalue weighted by Gasteiger charge is 2.45. The Morgan fingerprint density at radius 1 is 0.967 bits per heavy atom. The third kappa shape index (κ3) is 3.48. The van der Waals surface area contributed by atoms with Gasteiger partial charge in [-0.15, -0.1) is 0 Å². The molecule has 4 rings (SSSR count). The molecule has 0 saturated carbocycles. The Bertz CT molecular complexity index is 1110. The first kappa shape index (κ1) is 19.9. The van der Waals surface area contributed by atoms with Crippen molar-refractivity contribution in [3.63, 3.8) is 0 Å². The number of benzene rings is 3. The molecule has 1 fully saturated rings. The Balaban J connectivity index is 1.89. The lowest BCUT2D eigenvalue weighted by molar-refractivity contribution is -0.140. The lowest BCUT2D eigenvalue weighted by atomic mass is 9.93. The molecule has 30 heavy (non-hydrogen) atoms. The summed E-state index contributed by atoms with van der Waals surface area (Å²) >= 11 is 0. The van der Waals surface area contributed by atoms with Crippen molar-refractivity contribution in [1.82, 2.24) is 4.90 Å². The van der Waals surface area contributed by atoms with Crippen molar-refractivity contribution < 1.29 is 19.4 Å². The fourth-order valence-corrected chi connectivity index (χ4v) is 4.05. The minimum Gasteiger partial charge on any atom is -0.507 e. The minimum absolute atomic E-state index is 0.125. The molecule has 0 spiro atoms. The highest BCUT2D eigenvalue weighted by molar-refractivity contribution is 6.46. The fraction of sp³-hybridized carbons (Fsp3) is 0.200. The third-order valence-corrected chi connectivity index (χ3v) is 5.45. The molecule has 1 N–H and O–H groups in total. The number of ether oxygens (including phenoxy) is 1. The Hall–Kier alpha value is -3.44. The SMILES string of the molecule is COCCCN1C(=O)C(=O)/C(=C(\O)c2cccc3ccccc23)C1c1ccccc1. The second-order valence-corrected chi connectivity index (χ2v) is 7.28. The number of rotatable bonds is 6. The Labute approximate surface area is 175 Å².